The summed E-state index contributed by atoms with van der Waals surface area (Å²) < 4.78 is 62.0. The maximum atomic E-state index is 14.3. The second kappa shape index (κ2) is 7.63. The number of ether oxygens (including phenoxy) is 1. The Labute approximate surface area is 175 Å². The summed E-state index contributed by atoms with van der Waals surface area (Å²) >= 11 is 0. The molecule has 4 rings (SSSR count). The molecule has 2 aromatic heterocycles. The van der Waals surface area contributed by atoms with E-state index in [4.69, 9.17) is 4.74 Å². The molecule has 166 valence electrons. The maximum Gasteiger partial charge on any atom is 0.413 e. The number of pyridine rings is 2. The van der Waals surface area contributed by atoms with E-state index in [-0.39, 0.29) is 28.2 Å². The molecule has 0 saturated carbocycles. The van der Waals surface area contributed by atoms with Crippen LogP contribution in [-0.4, -0.2) is 48.2 Å². The van der Waals surface area contributed by atoms with Crippen molar-refractivity contribution in [1.29, 1.82) is 0 Å². The Bertz CT molecular complexity index is 1000. The number of halogens is 4. The highest BCUT2D eigenvalue weighted by Crippen LogP contribution is 2.45. The molecule has 0 aromatic carbocycles. The minimum Gasteiger partial charge on any atom is -0.434 e. The van der Waals surface area contributed by atoms with Crippen molar-refractivity contribution in [3.63, 3.8) is 0 Å². The average Bonchev–Trinajstić information content (AvgIpc) is 2.71. The van der Waals surface area contributed by atoms with Crippen LogP contribution in [0, 0.1) is 0 Å². The summed E-state index contributed by atoms with van der Waals surface area (Å²) in [5.74, 6) is -6.40. The van der Waals surface area contributed by atoms with Gasteiger partial charge in [0.2, 0.25) is 0 Å². The van der Waals surface area contributed by atoms with Crippen LogP contribution < -0.4 is 15.5 Å². The van der Waals surface area contributed by atoms with Crippen molar-refractivity contribution in [1.82, 2.24) is 15.3 Å². The van der Waals surface area contributed by atoms with Gasteiger partial charge in [-0.2, -0.15) is 0 Å². The van der Waals surface area contributed by atoms with Crippen LogP contribution in [0.2, 0.25) is 0 Å². The molecule has 2 aliphatic heterocycles. The van der Waals surface area contributed by atoms with E-state index in [1.807, 2.05) is 4.90 Å². The van der Waals surface area contributed by atoms with E-state index in [1.54, 1.807) is 0 Å². The lowest BCUT2D eigenvalue weighted by Gasteiger charge is -2.32. The average molecular weight is 439 g/mol. The predicted octanol–water partition coefficient (Wildman–Crippen LogP) is 3.92. The summed E-state index contributed by atoms with van der Waals surface area (Å²) in [4.78, 5) is 22.1. The molecule has 0 spiro atoms. The molecule has 1 atom stereocenters. The Morgan fingerprint density at radius 1 is 1.16 bits per heavy atom. The molecule has 4 heterocycles. The third-order valence-electron chi connectivity index (χ3n) is 5.19. The van der Waals surface area contributed by atoms with Crippen LogP contribution >= 0.6 is 0 Å². The highest BCUT2D eigenvalue weighted by atomic mass is 19.3. The first-order valence-corrected chi connectivity index (χ1v) is 9.75. The fraction of sp³-hybridized carbons (Fsp3) is 0.450. The highest BCUT2D eigenvalue weighted by Gasteiger charge is 2.45. The van der Waals surface area contributed by atoms with Crippen molar-refractivity contribution < 1.29 is 27.1 Å². The SMILES string of the molecule is CC(F)(F)c1cc(-c2ccnc3c2[C@H](C(C)(F)F)OC(=O)N3)nc(N2CCNCC2)c1. The molecule has 31 heavy (non-hydrogen) atoms. The Morgan fingerprint density at radius 2 is 1.87 bits per heavy atom. The standard InChI is InChI=1S/C20H21F4N5O2/c1-19(21,22)11-9-13(27-14(10-11)29-7-5-25-6-8-29)12-3-4-26-17-15(12)16(20(2,23)24)31-18(30)28-17/h3-4,9-10,16,25H,5-8H2,1-2H3,(H,26,28,30)/t16-/m1/s1. The molecule has 0 aliphatic carbocycles. The van der Waals surface area contributed by atoms with Gasteiger partial charge in [-0.3, -0.25) is 5.32 Å². The van der Waals surface area contributed by atoms with Crippen LogP contribution in [0.5, 0.6) is 0 Å². The fourth-order valence-corrected chi connectivity index (χ4v) is 3.67. The second-order valence-electron chi connectivity index (χ2n) is 7.71. The van der Waals surface area contributed by atoms with Crippen molar-refractivity contribution >= 4 is 17.7 Å². The van der Waals surface area contributed by atoms with Crippen LogP contribution in [0.15, 0.2) is 24.4 Å². The molecule has 0 bridgehead atoms. The summed E-state index contributed by atoms with van der Waals surface area (Å²) in [5.41, 5.74) is -0.193. The topological polar surface area (TPSA) is 79.4 Å². The number of rotatable bonds is 4. The van der Waals surface area contributed by atoms with Gasteiger partial charge in [0.25, 0.3) is 11.8 Å². The second-order valence-corrected chi connectivity index (χ2v) is 7.71. The number of fused-ring (bicyclic) bond motifs is 1. The fourth-order valence-electron chi connectivity index (χ4n) is 3.67. The maximum absolute atomic E-state index is 14.3. The molecule has 1 amide bonds. The Kier molecular flexibility index (Phi) is 5.24. The quantitative estimate of drug-likeness (QED) is 0.703. The number of nitrogens with one attached hydrogen (secondary N) is 2. The summed E-state index contributed by atoms with van der Waals surface area (Å²) in [6, 6.07) is 3.88. The minimum atomic E-state index is -3.43. The first kappa shape index (κ1) is 21.3. The van der Waals surface area contributed by atoms with Gasteiger partial charge in [0, 0.05) is 57.4 Å². The van der Waals surface area contributed by atoms with Gasteiger partial charge in [-0.15, -0.1) is 0 Å². The molecular formula is C20H21F4N5O2. The number of carbonyl (C=O) groups is 1. The number of aromatic nitrogens is 2. The third-order valence-corrected chi connectivity index (χ3v) is 5.19. The zero-order valence-electron chi connectivity index (χ0n) is 16.9. The number of hydrogen-bond acceptors (Lipinski definition) is 6. The summed E-state index contributed by atoms with van der Waals surface area (Å²) in [6.45, 7) is 3.84. The van der Waals surface area contributed by atoms with Crippen molar-refractivity contribution in [2.75, 3.05) is 36.4 Å². The Balaban J connectivity index is 1.90. The van der Waals surface area contributed by atoms with Gasteiger partial charge >= 0.3 is 6.09 Å². The van der Waals surface area contributed by atoms with Gasteiger partial charge in [-0.25, -0.2) is 32.3 Å². The summed E-state index contributed by atoms with van der Waals surface area (Å²) in [7, 11) is 0. The summed E-state index contributed by atoms with van der Waals surface area (Å²) in [5, 5.41) is 5.47. The lowest BCUT2D eigenvalue weighted by atomic mass is 9.95. The molecule has 0 radical (unpaired) electrons. The molecule has 2 aliphatic rings. The number of nitrogens with zero attached hydrogens (tertiary/aromatic N) is 3. The van der Waals surface area contributed by atoms with Crippen LogP contribution in [-0.2, 0) is 10.7 Å². The van der Waals surface area contributed by atoms with E-state index < -0.39 is 24.0 Å². The molecule has 1 fully saturated rings. The van der Waals surface area contributed by atoms with E-state index in [0.29, 0.717) is 38.9 Å². The van der Waals surface area contributed by atoms with Crippen molar-refractivity contribution in [3.05, 3.63) is 35.5 Å². The van der Waals surface area contributed by atoms with Crippen LogP contribution in [0.25, 0.3) is 11.3 Å². The minimum absolute atomic E-state index is 0.0696. The number of amides is 1. The normalized spacial score (nSPS) is 19.5. The number of alkyl halides is 4. The van der Waals surface area contributed by atoms with Gasteiger partial charge in [0.15, 0.2) is 6.10 Å². The van der Waals surface area contributed by atoms with E-state index in [0.717, 1.165) is 6.92 Å². The smallest absolute Gasteiger partial charge is 0.413 e. The molecule has 7 nitrogen and oxygen atoms in total. The third kappa shape index (κ3) is 4.27. The number of anilines is 2. The molecule has 2 N–H and O–H groups in total. The number of carbonyl (C=O) groups excluding carboxylic acids is 1. The van der Waals surface area contributed by atoms with Crippen LogP contribution in [0.4, 0.5) is 34.0 Å². The molecular weight excluding hydrogens is 418 g/mol. The van der Waals surface area contributed by atoms with Gasteiger partial charge in [-0.05, 0) is 18.2 Å². The van der Waals surface area contributed by atoms with E-state index in [1.165, 1.54) is 24.4 Å². The lowest BCUT2D eigenvalue weighted by molar-refractivity contribution is -0.0984. The van der Waals surface area contributed by atoms with Crippen LogP contribution in [0.3, 0.4) is 0 Å². The van der Waals surface area contributed by atoms with Crippen LogP contribution in [0.1, 0.15) is 31.1 Å². The Hall–Kier alpha value is -2.95. The monoisotopic (exact) mass is 439 g/mol. The van der Waals surface area contributed by atoms with Gasteiger partial charge in [0.1, 0.15) is 11.6 Å². The summed E-state index contributed by atoms with van der Waals surface area (Å²) in [6.07, 6.45) is -1.70. The van der Waals surface area contributed by atoms with Gasteiger partial charge in [-0.1, -0.05) is 0 Å². The van der Waals surface area contributed by atoms with Gasteiger partial charge < -0.3 is 15.0 Å². The van der Waals surface area contributed by atoms with E-state index in [2.05, 4.69) is 20.6 Å². The number of hydrogen-bond donors (Lipinski definition) is 2. The largest absolute Gasteiger partial charge is 0.434 e. The molecule has 11 heteroatoms. The van der Waals surface area contributed by atoms with Gasteiger partial charge in [0.05, 0.1) is 11.3 Å². The van der Waals surface area contributed by atoms with Crippen molar-refractivity contribution in [2.24, 2.45) is 0 Å². The predicted molar refractivity (Wildman–Crippen MR) is 106 cm³/mol. The van der Waals surface area contributed by atoms with E-state index in [9.17, 15) is 22.4 Å². The molecule has 0 unspecified atom stereocenters. The zero-order chi connectivity index (χ0) is 22.4. The first-order chi connectivity index (χ1) is 14.5. The first-order valence-electron chi connectivity index (χ1n) is 9.75. The highest BCUT2D eigenvalue weighted by molar-refractivity contribution is 5.89. The number of cyclic esters (lactones) is 1. The molecule has 1 saturated heterocycles. The lowest BCUT2D eigenvalue weighted by Crippen LogP contribution is -2.44. The van der Waals surface area contributed by atoms with Crippen molar-refractivity contribution in [3.8, 4) is 11.3 Å². The molecule has 2 aromatic rings. The Morgan fingerprint density at radius 3 is 2.52 bits per heavy atom. The van der Waals surface area contributed by atoms with E-state index >= 15 is 0 Å². The zero-order valence-corrected chi connectivity index (χ0v) is 16.9. The van der Waals surface area contributed by atoms with Crippen molar-refractivity contribution in [2.45, 2.75) is 31.8 Å². The number of piperazine rings is 1.